The number of hydrogen-bond donors (Lipinski definition) is 1. The summed E-state index contributed by atoms with van der Waals surface area (Å²) in [7, 11) is 0. The Bertz CT molecular complexity index is 710. The average molecular weight is 340 g/mol. The number of fused-ring (bicyclic) bond motifs is 1. The van der Waals surface area contributed by atoms with E-state index in [1.807, 2.05) is 19.1 Å². The van der Waals surface area contributed by atoms with Crippen LogP contribution in [0, 0.1) is 12.7 Å². The van der Waals surface area contributed by atoms with Crippen molar-refractivity contribution >= 4 is 23.2 Å². The van der Waals surface area contributed by atoms with E-state index in [0.29, 0.717) is 33.5 Å². The molecule has 2 nitrogen and oxygen atoms in total. The van der Waals surface area contributed by atoms with Crippen molar-refractivity contribution in [3.8, 4) is 16.9 Å². The van der Waals surface area contributed by atoms with Crippen LogP contribution in [-0.2, 0) is 6.42 Å². The van der Waals surface area contributed by atoms with Crippen LogP contribution in [0.25, 0.3) is 11.1 Å². The quantitative estimate of drug-likeness (QED) is 0.855. The van der Waals surface area contributed by atoms with E-state index in [1.165, 1.54) is 12.1 Å². The highest BCUT2D eigenvalue weighted by atomic mass is 35.5. The fourth-order valence-corrected chi connectivity index (χ4v) is 3.63. The molecule has 2 N–H and O–H groups in total. The Morgan fingerprint density at radius 3 is 2.55 bits per heavy atom. The predicted molar refractivity (Wildman–Crippen MR) is 88.4 cm³/mol. The lowest BCUT2D eigenvalue weighted by Gasteiger charge is -2.27. The first-order valence-electron chi connectivity index (χ1n) is 7.14. The molecular formula is C17H16Cl2FNO. The van der Waals surface area contributed by atoms with Crippen molar-refractivity contribution in [3.63, 3.8) is 0 Å². The second-order valence-corrected chi connectivity index (χ2v) is 6.37. The second kappa shape index (κ2) is 6.07. The number of ether oxygens (including phenoxy) is 1. The summed E-state index contributed by atoms with van der Waals surface area (Å²) in [5.74, 6) is 0.312. The van der Waals surface area contributed by atoms with Gasteiger partial charge in [0.05, 0.1) is 10.0 Å². The van der Waals surface area contributed by atoms with E-state index in [-0.39, 0.29) is 11.9 Å². The summed E-state index contributed by atoms with van der Waals surface area (Å²) in [6.45, 7) is 2.33. The summed E-state index contributed by atoms with van der Waals surface area (Å²) in [5, 5.41) is 0.965. The molecule has 1 aliphatic rings. The molecule has 0 saturated carbocycles. The third-order valence-electron chi connectivity index (χ3n) is 3.87. The van der Waals surface area contributed by atoms with E-state index in [4.69, 9.17) is 33.7 Å². The van der Waals surface area contributed by atoms with Crippen LogP contribution in [0.4, 0.5) is 4.39 Å². The van der Waals surface area contributed by atoms with Crippen LogP contribution in [0.3, 0.4) is 0 Å². The number of rotatable bonds is 2. The molecular weight excluding hydrogens is 324 g/mol. The first-order valence-corrected chi connectivity index (χ1v) is 7.90. The minimum absolute atomic E-state index is 0.0697. The maximum atomic E-state index is 14.0. The van der Waals surface area contributed by atoms with Gasteiger partial charge in [-0.3, -0.25) is 0 Å². The molecule has 2 aromatic rings. The topological polar surface area (TPSA) is 35.2 Å². The van der Waals surface area contributed by atoms with Crippen LogP contribution in [0.1, 0.15) is 17.5 Å². The molecule has 0 bridgehead atoms. The second-order valence-electron chi connectivity index (χ2n) is 5.56. The summed E-state index contributed by atoms with van der Waals surface area (Å²) >= 11 is 12.7. The molecule has 0 unspecified atom stereocenters. The van der Waals surface area contributed by atoms with Crippen LogP contribution >= 0.6 is 23.2 Å². The minimum atomic E-state index is -0.323. The Morgan fingerprint density at radius 1 is 1.23 bits per heavy atom. The van der Waals surface area contributed by atoms with Crippen molar-refractivity contribution in [2.75, 3.05) is 6.54 Å². The molecule has 0 radical (unpaired) electrons. The van der Waals surface area contributed by atoms with E-state index in [9.17, 15) is 4.39 Å². The predicted octanol–water partition coefficient (Wildman–Crippen LogP) is 4.76. The van der Waals surface area contributed by atoms with E-state index < -0.39 is 0 Å². The summed E-state index contributed by atoms with van der Waals surface area (Å²) in [5.41, 5.74) is 8.67. The highest BCUT2D eigenvalue weighted by Crippen LogP contribution is 2.44. The maximum absolute atomic E-state index is 14.0. The number of hydrogen-bond acceptors (Lipinski definition) is 2. The van der Waals surface area contributed by atoms with Crippen molar-refractivity contribution in [2.45, 2.75) is 25.9 Å². The van der Waals surface area contributed by atoms with Gasteiger partial charge in [-0.15, -0.1) is 0 Å². The molecule has 22 heavy (non-hydrogen) atoms. The first kappa shape index (κ1) is 15.6. The molecule has 1 aliphatic heterocycles. The van der Waals surface area contributed by atoms with Gasteiger partial charge in [-0.25, -0.2) is 4.39 Å². The van der Waals surface area contributed by atoms with Gasteiger partial charge < -0.3 is 10.5 Å². The van der Waals surface area contributed by atoms with Crippen molar-refractivity contribution in [1.82, 2.24) is 0 Å². The van der Waals surface area contributed by atoms with E-state index in [0.717, 1.165) is 24.0 Å². The van der Waals surface area contributed by atoms with Gasteiger partial charge in [0.1, 0.15) is 17.7 Å². The van der Waals surface area contributed by atoms with Gasteiger partial charge in [0.2, 0.25) is 0 Å². The Labute approximate surface area is 139 Å². The third-order valence-corrected chi connectivity index (χ3v) is 4.47. The van der Waals surface area contributed by atoms with Gasteiger partial charge >= 0.3 is 0 Å². The lowest BCUT2D eigenvalue weighted by atomic mass is 9.95. The summed E-state index contributed by atoms with van der Waals surface area (Å²) in [4.78, 5) is 0. The van der Waals surface area contributed by atoms with Crippen molar-refractivity contribution in [1.29, 1.82) is 0 Å². The zero-order valence-electron chi connectivity index (χ0n) is 12.1. The van der Waals surface area contributed by atoms with Gasteiger partial charge in [0, 0.05) is 17.7 Å². The maximum Gasteiger partial charge on any atom is 0.131 e. The van der Waals surface area contributed by atoms with Gasteiger partial charge in [0.25, 0.3) is 0 Å². The first-order chi connectivity index (χ1) is 10.5. The van der Waals surface area contributed by atoms with Crippen molar-refractivity contribution in [3.05, 3.63) is 51.3 Å². The molecule has 5 heteroatoms. The monoisotopic (exact) mass is 339 g/mol. The van der Waals surface area contributed by atoms with Crippen molar-refractivity contribution < 1.29 is 9.13 Å². The molecule has 0 aromatic heterocycles. The Kier molecular flexibility index (Phi) is 4.31. The van der Waals surface area contributed by atoms with E-state index in [1.54, 1.807) is 0 Å². The van der Waals surface area contributed by atoms with Crippen LogP contribution in [-0.4, -0.2) is 12.6 Å². The fourth-order valence-electron chi connectivity index (χ4n) is 2.83. The molecule has 2 aromatic carbocycles. The molecule has 1 heterocycles. The number of aryl methyl sites for hydroxylation is 2. The van der Waals surface area contributed by atoms with Gasteiger partial charge in [-0.2, -0.15) is 0 Å². The van der Waals surface area contributed by atoms with Gasteiger partial charge in [0.15, 0.2) is 0 Å². The molecule has 0 amide bonds. The standard InChI is InChI=1S/C17H16Cl2FNO/c1-9-4-14(18)16(15(19)5-9)13-7-11(20)6-10-2-3-12(8-21)22-17(10)13/h4-7,12H,2-3,8,21H2,1H3/t12-/m1/s1. The Morgan fingerprint density at radius 2 is 1.91 bits per heavy atom. The van der Waals surface area contributed by atoms with Gasteiger partial charge in [-0.1, -0.05) is 23.2 Å². The molecule has 3 rings (SSSR count). The van der Waals surface area contributed by atoms with Crippen LogP contribution in [0.2, 0.25) is 10.0 Å². The molecule has 0 saturated heterocycles. The fraction of sp³-hybridized carbons (Fsp3) is 0.294. The number of nitrogens with two attached hydrogens (primary N) is 1. The average Bonchev–Trinajstić information content (AvgIpc) is 2.45. The lowest BCUT2D eigenvalue weighted by molar-refractivity contribution is 0.182. The molecule has 116 valence electrons. The molecule has 0 spiro atoms. The smallest absolute Gasteiger partial charge is 0.131 e. The van der Waals surface area contributed by atoms with Crippen LogP contribution < -0.4 is 10.5 Å². The summed E-state index contributed by atoms with van der Waals surface area (Å²) in [6, 6.07) is 6.54. The zero-order valence-corrected chi connectivity index (χ0v) is 13.6. The largest absolute Gasteiger partial charge is 0.488 e. The highest BCUT2D eigenvalue weighted by molar-refractivity contribution is 6.39. The minimum Gasteiger partial charge on any atom is -0.488 e. The van der Waals surface area contributed by atoms with Crippen molar-refractivity contribution in [2.24, 2.45) is 5.73 Å². The highest BCUT2D eigenvalue weighted by Gasteiger charge is 2.25. The normalized spacial score (nSPS) is 17.0. The van der Waals surface area contributed by atoms with Crippen LogP contribution in [0.15, 0.2) is 24.3 Å². The SMILES string of the molecule is Cc1cc(Cl)c(-c2cc(F)cc3c2O[C@@H](CN)CC3)c(Cl)c1. The van der Waals surface area contributed by atoms with E-state index in [2.05, 4.69) is 0 Å². The third kappa shape index (κ3) is 2.81. The number of halogens is 3. The van der Waals surface area contributed by atoms with Gasteiger partial charge in [-0.05, 0) is 55.2 Å². The zero-order chi connectivity index (χ0) is 15.9. The lowest BCUT2D eigenvalue weighted by Crippen LogP contribution is -2.30. The summed E-state index contributed by atoms with van der Waals surface area (Å²) < 4.78 is 19.9. The molecule has 1 atom stereocenters. The Hall–Kier alpha value is -1.29. The Balaban J connectivity index is 2.22. The van der Waals surface area contributed by atoms with E-state index >= 15 is 0 Å². The number of benzene rings is 2. The summed E-state index contributed by atoms with van der Waals surface area (Å²) in [6.07, 6.45) is 1.44. The van der Waals surface area contributed by atoms with Crippen LogP contribution in [0.5, 0.6) is 5.75 Å². The molecule has 0 fully saturated rings. The molecule has 0 aliphatic carbocycles.